The van der Waals surface area contributed by atoms with Crippen molar-refractivity contribution in [3.63, 3.8) is 0 Å². The number of aromatic nitrogens is 1. The molecule has 6 nitrogen and oxygen atoms in total. The van der Waals surface area contributed by atoms with Gasteiger partial charge >= 0.3 is 0 Å². The van der Waals surface area contributed by atoms with Crippen LogP contribution in [0.4, 0.5) is 5.69 Å². The third-order valence-electron chi connectivity index (χ3n) is 6.66. The van der Waals surface area contributed by atoms with Crippen molar-refractivity contribution in [3.8, 4) is 33.8 Å². The molecule has 0 amide bonds. The van der Waals surface area contributed by atoms with Crippen molar-refractivity contribution in [1.82, 2.24) is 4.57 Å². The Morgan fingerprint density at radius 2 is 1.39 bits per heavy atom. The summed E-state index contributed by atoms with van der Waals surface area (Å²) < 4.78 is 7.12. The Bertz CT molecular complexity index is 1750. The molecule has 6 rings (SSSR count). The van der Waals surface area contributed by atoms with Gasteiger partial charge < -0.3 is 9.64 Å². The van der Waals surface area contributed by atoms with Gasteiger partial charge in [0, 0.05) is 22.3 Å². The van der Waals surface area contributed by atoms with E-state index in [9.17, 15) is 9.59 Å². The van der Waals surface area contributed by atoms with Crippen LogP contribution in [0.25, 0.3) is 38.8 Å². The zero-order valence-corrected chi connectivity index (χ0v) is 21.4. The van der Waals surface area contributed by atoms with Gasteiger partial charge in [-0.1, -0.05) is 60.7 Å². The average molecular weight is 518 g/mol. The quantitative estimate of drug-likeness (QED) is 0.294. The number of rotatable bonds is 5. The van der Waals surface area contributed by atoms with Gasteiger partial charge in [0.15, 0.2) is 5.17 Å². The average Bonchev–Trinajstić information content (AvgIpc) is 3.31. The highest BCUT2D eigenvalue weighted by Crippen LogP contribution is 2.40. The number of pyridine rings is 1. The summed E-state index contributed by atoms with van der Waals surface area (Å²) in [5, 5.41) is 9.72. The van der Waals surface area contributed by atoms with E-state index >= 15 is 0 Å². The summed E-state index contributed by atoms with van der Waals surface area (Å²) in [7, 11) is 1.61. The van der Waals surface area contributed by atoms with Gasteiger partial charge in [-0.25, -0.2) is 0 Å². The summed E-state index contributed by atoms with van der Waals surface area (Å²) in [6.45, 7) is 0.129. The monoisotopic (exact) mass is 517 g/mol. The van der Waals surface area contributed by atoms with E-state index < -0.39 is 0 Å². The fraction of sp³-hybridized carbons (Fsp3) is 0.0645. The second-order valence-corrected chi connectivity index (χ2v) is 9.94. The van der Waals surface area contributed by atoms with Gasteiger partial charge in [-0.05, 0) is 70.7 Å². The second kappa shape index (κ2) is 9.68. The minimum absolute atomic E-state index is 0.0710. The topological polar surface area (TPSA) is 75.4 Å². The molecule has 0 aliphatic carbocycles. The van der Waals surface area contributed by atoms with E-state index in [1.165, 1.54) is 0 Å². The molecule has 1 aliphatic rings. The number of nitrogens with zero attached hydrogens (tertiary/aromatic N) is 2. The molecule has 0 bridgehead atoms. The standard InChI is InChI=1S/C31H23N3O3S/c1-37-24-15-12-22(13-16-24)34-29(21-10-6-3-7-11-21)28(20-8-4-2-5-9-20)26-18-23(14-17-25(26)30(34)36)33-19-27(35)38-31(33)32/h2-18,32H,19H2,1H3. The highest BCUT2D eigenvalue weighted by atomic mass is 32.2. The number of hydrogen-bond donors (Lipinski definition) is 1. The van der Waals surface area contributed by atoms with Crippen LogP contribution in [-0.4, -0.2) is 28.5 Å². The highest BCUT2D eigenvalue weighted by Gasteiger charge is 2.28. The molecule has 5 aromatic rings. The summed E-state index contributed by atoms with van der Waals surface area (Å²) in [6, 6.07) is 32.9. The zero-order valence-electron chi connectivity index (χ0n) is 20.5. The Morgan fingerprint density at radius 1 is 0.763 bits per heavy atom. The van der Waals surface area contributed by atoms with Crippen molar-refractivity contribution < 1.29 is 9.53 Å². The Balaban J connectivity index is 1.75. The Kier molecular flexibility index (Phi) is 6.05. The van der Waals surface area contributed by atoms with E-state index in [0.717, 1.165) is 45.2 Å². The molecule has 0 spiro atoms. The first-order valence-corrected chi connectivity index (χ1v) is 12.9. The number of methoxy groups -OCH3 is 1. The molecule has 0 unspecified atom stereocenters. The number of hydrogen-bond acceptors (Lipinski definition) is 5. The molecule has 1 aliphatic heterocycles. The molecule has 0 saturated carbocycles. The molecule has 4 aromatic carbocycles. The van der Waals surface area contributed by atoms with Crippen molar-refractivity contribution in [2.24, 2.45) is 0 Å². The molecule has 1 fully saturated rings. The minimum Gasteiger partial charge on any atom is -0.497 e. The van der Waals surface area contributed by atoms with Gasteiger partial charge in [0.1, 0.15) is 5.75 Å². The molecule has 7 heteroatoms. The Labute approximate surface area is 223 Å². The lowest BCUT2D eigenvalue weighted by atomic mass is 9.93. The Hall–Kier alpha value is -4.62. The summed E-state index contributed by atoms with van der Waals surface area (Å²) in [4.78, 5) is 28.0. The van der Waals surface area contributed by atoms with E-state index in [0.29, 0.717) is 16.8 Å². The third kappa shape index (κ3) is 4.07. The summed E-state index contributed by atoms with van der Waals surface area (Å²) >= 11 is 0.929. The third-order valence-corrected chi connectivity index (χ3v) is 7.43. The molecule has 1 aromatic heterocycles. The van der Waals surface area contributed by atoms with Gasteiger partial charge in [0.25, 0.3) is 5.56 Å². The van der Waals surface area contributed by atoms with Gasteiger partial charge in [-0.2, -0.15) is 0 Å². The maximum absolute atomic E-state index is 14.2. The molecule has 186 valence electrons. The van der Waals surface area contributed by atoms with Gasteiger partial charge in [-0.3, -0.25) is 19.6 Å². The highest BCUT2D eigenvalue weighted by molar-refractivity contribution is 8.27. The minimum atomic E-state index is -0.155. The number of amidine groups is 1. The van der Waals surface area contributed by atoms with Crippen LogP contribution in [0.15, 0.2) is 108 Å². The van der Waals surface area contributed by atoms with Crippen LogP contribution >= 0.6 is 11.8 Å². The molecule has 0 atom stereocenters. The summed E-state index contributed by atoms with van der Waals surface area (Å²) in [5.41, 5.74) is 4.79. The lowest BCUT2D eigenvalue weighted by Crippen LogP contribution is -2.24. The lowest BCUT2D eigenvalue weighted by molar-refractivity contribution is -0.109. The van der Waals surface area contributed by atoms with Crippen molar-refractivity contribution in [2.45, 2.75) is 0 Å². The maximum atomic E-state index is 14.2. The molecular weight excluding hydrogens is 494 g/mol. The van der Waals surface area contributed by atoms with Gasteiger partial charge in [0.2, 0.25) is 5.12 Å². The smallest absolute Gasteiger partial charge is 0.263 e. The number of ether oxygens (including phenoxy) is 1. The van der Waals surface area contributed by atoms with Crippen molar-refractivity contribution in [3.05, 3.63) is 113 Å². The van der Waals surface area contributed by atoms with Crippen LogP contribution in [0.1, 0.15) is 0 Å². The van der Waals surface area contributed by atoms with Crippen molar-refractivity contribution >= 4 is 38.5 Å². The van der Waals surface area contributed by atoms with Crippen LogP contribution in [0.3, 0.4) is 0 Å². The van der Waals surface area contributed by atoms with Gasteiger partial charge in [-0.15, -0.1) is 0 Å². The number of thioether (sulfide) groups is 1. The van der Waals surface area contributed by atoms with Crippen molar-refractivity contribution in [2.75, 3.05) is 18.6 Å². The normalized spacial score (nSPS) is 13.3. The molecule has 1 N–H and O–H groups in total. The number of benzene rings is 4. The molecule has 2 heterocycles. The number of anilines is 1. The van der Waals surface area contributed by atoms with E-state index in [1.54, 1.807) is 22.6 Å². The van der Waals surface area contributed by atoms with Gasteiger partial charge in [0.05, 0.1) is 19.3 Å². The molecule has 1 saturated heterocycles. The number of carbonyl (C=O) groups excluding carboxylic acids is 1. The van der Waals surface area contributed by atoms with Crippen LogP contribution in [-0.2, 0) is 4.79 Å². The fourth-order valence-corrected chi connectivity index (χ4v) is 5.59. The predicted octanol–water partition coefficient (Wildman–Crippen LogP) is 6.35. The first-order valence-electron chi connectivity index (χ1n) is 12.1. The molecule has 0 radical (unpaired) electrons. The van der Waals surface area contributed by atoms with Crippen molar-refractivity contribution in [1.29, 1.82) is 5.41 Å². The molecular formula is C31H23N3O3S. The fourth-order valence-electron chi connectivity index (χ4n) is 4.90. The van der Waals surface area contributed by atoms with E-state index in [-0.39, 0.29) is 22.4 Å². The number of nitrogens with one attached hydrogen (secondary N) is 1. The molecule has 38 heavy (non-hydrogen) atoms. The Morgan fingerprint density at radius 3 is 2.00 bits per heavy atom. The number of fused-ring (bicyclic) bond motifs is 1. The SMILES string of the molecule is COc1ccc(-n2c(-c3ccccc3)c(-c3ccccc3)c3cc(N4CC(=O)SC4=N)ccc3c2=O)cc1. The first kappa shape index (κ1) is 23.8. The largest absolute Gasteiger partial charge is 0.497 e. The lowest BCUT2D eigenvalue weighted by Gasteiger charge is -2.22. The first-order chi connectivity index (χ1) is 18.5. The van der Waals surface area contributed by atoms with Crippen LogP contribution < -0.4 is 15.2 Å². The number of carbonyl (C=O) groups is 1. The van der Waals surface area contributed by atoms with Crippen LogP contribution in [0, 0.1) is 5.41 Å². The van der Waals surface area contributed by atoms with E-state index in [2.05, 4.69) is 0 Å². The summed E-state index contributed by atoms with van der Waals surface area (Å²) in [5.74, 6) is 0.706. The van der Waals surface area contributed by atoms with E-state index in [1.807, 2.05) is 97.1 Å². The second-order valence-electron chi connectivity index (χ2n) is 8.89. The zero-order chi connectivity index (χ0) is 26.2. The maximum Gasteiger partial charge on any atom is 0.263 e. The predicted molar refractivity (Wildman–Crippen MR) is 155 cm³/mol. The van der Waals surface area contributed by atoms with Crippen LogP contribution in [0.2, 0.25) is 0 Å². The summed E-state index contributed by atoms with van der Waals surface area (Å²) in [6.07, 6.45) is 0. The van der Waals surface area contributed by atoms with E-state index in [4.69, 9.17) is 10.1 Å². The van der Waals surface area contributed by atoms with Crippen LogP contribution in [0.5, 0.6) is 5.75 Å².